The van der Waals surface area contributed by atoms with Crippen LogP contribution in [0.2, 0.25) is 0 Å². The summed E-state index contributed by atoms with van der Waals surface area (Å²) in [5, 5.41) is 12.9. The molecule has 6 rings (SSSR count). The SMILES string of the molecule is N#Cc1ccc(N2CC(F)[C@@H](CN3CC4CCC3CN4)C2)c2nccnc12. The van der Waals surface area contributed by atoms with Crippen LogP contribution >= 0.6 is 0 Å². The van der Waals surface area contributed by atoms with Gasteiger partial charge in [-0.25, -0.2) is 4.39 Å². The first-order valence-corrected chi connectivity index (χ1v) is 9.73. The van der Waals surface area contributed by atoms with E-state index < -0.39 is 6.17 Å². The van der Waals surface area contributed by atoms with Gasteiger partial charge in [-0.3, -0.25) is 14.9 Å². The molecule has 4 aliphatic heterocycles. The van der Waals surface area contributed by atoms with Crippen molar-refractivity contribution in [3.05, 3.63) is 30.1 Å². The molecule has 2 bridgehead atoms. The van der Waals surface area contributed by atoms with E-state index in [4.69, 9.17) is 0 Å². The Kier molecular flexibility index (Phi) is 4.18. The maximum atomic E-state index is 14.9. The molecule has 4 fully saturated rings. The molecule has 27 heavy (non-hydrogen) atoms. The number of piperidine rings is 2. The molecule has 1 N–H and O–H groups in total. The number of hydrogen-bond acceptors (Lipinski definition) is 6. The van der Waals surface area contributed by atoms with Crippen molar-refractivity contribution in [2.24, 2.45) is 5.92 Å². The summed E-state index contributed by atoms with van der Waals surface area (Å²) in [6.45, 7) is 3.95. The fourth-order valence-electron chi connectivity index (χ4n) is 4.91. The Labute approximate surface area is 158 Å². The Morgan fingerprint density at radius 3 is 2.70 bits per heavy atom. The summed E-state index contributed by atoms with van der Waals surface area (Å²) in [5.41, 5.74) is 2.66. The summed E-state index contributed by atoms with van der Waals surface area (Å²) in [6.07, 6.45) is 4.84. The van der Waals surface area contributed by atoms with E-state index in [0.717, 1.165) is 25.3 Å². The average Bonchev–Trinajstić information content (AvgIpc) is 3.08. The van der Waals surface area contributed by atoms with Gasteiger partial charge in [-0.15, -0.1) is 0 Å². The van der Waals surface area contributed by atoms with Crippen molar-refractivity contribution in [2.45, 2.75) is 31.1 Å². The Hall–Kier alpha value is -2.30. The predicted octanol–water partition coefficient (Wildman–Crippen LogP) is 1.71. The monoisotopic (exact) mass is 366 g/mol. The molecular formula is C20H23FN6. The van der Waals surface area contributed by atoms with Crippen LogP contribution in [0.15, 0.2) is 24.5 Å². The first-order chi connectivity index (χ1) is 13.2. The molecule has 3 unspecified atom stereocenters. The van der Waals surface area contributed by atoms with Crippen molar-refractivity contribution in [3.8, 4) is 6.07 Å². The van der Waals surface area contributed by atoms with Crippen LogP contribution in [-0.4, -0.2) is 65.8 Å². The van der Waals surface area contributed by atoms with E-state index in [0.29, 0.717) is 41.8 Å². The third-order valence-electron chi connectivity index (χ3n) is 6.36. The lowest BCUT2D eigenvalue weighted by Crippen LogP contribution is -2.62. The molecule has 4 aliphatic rings. The van der Waals surface area contributed by atoms with E-state index in [1.54, 1.807) is 18.5 Å². The molecule has 0 amide bonds. The van der Waals surface area contributed by atoms with Crippen LogP contribution in [0.5, 0.6) is 0 Å². The smallest absolute Gasteiger partial charge is 0.123 e. The van der Waals surface area contributed by atoms with Gasteiger partial charge in [-0.1, -0.05) is 0 Å². The van der Waals surface area contributed by atoms with E-state index >= 15 is 0 Å². The number of nitrogens with zero attached hydrogens (tertiary/aromatic N) is 5. The molecule has 4 saturated heterocycles. The number of alkyl halides is 1. The van der Waals surface area contributed by atoms with Gasteiger partial charge in [0.15, 0.2) is 0 Å². The van der Waals surface area contributed by atoms with E-state index in [9.17, 15) is 9.65 Å². The first kappa shape index (κ1) is 16.8. The molecule has 0 radical (unpaired) electrons. The summed E-state index contributed by atoms with van der Waals surface area (Å²) >= 11 is 0. The molecule has 140 valence electrons. The molecule has 0 aliphatic carbocycles. The number of nitrogens with one attached hydrogen (secondary N) is 1. The van der Waals surface area contributed by atoms with E-state index in [-0.39, 0.29) is 5.92 Å². The minimum absolute atomic E-state index is 0.00622. The van der Waals surface area contributed by atoms with Crippen LogP contribution in [0.1, 0.15) is 18.4 Å². The zero-order valence-corrected chi connectivity index (χ0v) is 15.2. The van der Waals surface area contributed by atoms with Crippen molar-refractivity contribution in [2.75, 3.05) is 37.6 Å². The lowest BCUT2D eigenvalue weighted by atomic mass is 9.91. The second kappa shape index (κ2) is 6.70. The third-order valence-corrected chi connectivity index (χ3v) is 6.36. The lowest BCUT2D eigenvalue weighted by molar-refractivity contribution is 0.0534. The highest BCUT2D eigenvalue weighted by atomic mass is 19.1. The molecule has 4 atom stereocenters. The Morgan fingerprint density at radius 2 is 2.00 bits per heavy atom. The van der Waals surface area contributed by atoms with Gasteiger partial charge in [0.05, 0.1) is 11.3 Å². The maximum absolute atomic E-state index is 14.9. The first-order valence-electron chi connectivity index (χ1n) is 9.73. The molecular weight excluding hydrogens is 343 g/mol. The zero-order chi connectivity index (χ0) is 18.4. The number of anilines is 1. The van der Waals surface area contributed by atoms with Crippen molar-refractivity contribution in [1.29, 1.82) is 5.26 Å². The van der Waals surface area contributed by atoms with Gasteiger partial charge in [0.1, 0.15) is 23.3 Å². The Balaban J connectivity index is 1.37. The minimum Gasteiger partial charge on any atom is -0.366 e. The number of piperazine rings is 1. The van der Waals surface area contributed by atoms with Gasteiger partial charge in [0.25, 0.3) is 0 Å². The highest BCUT2D eigenvalue weighted by Crippen LogP contribution is 2.33. The summed E-state index contributed by atoms with van der Waals surface area (Å²) in [4.78, 5) is 13.3. The second-order valence-electron chi connectivity index (χ2n) is 7.97. The number of aromatic nitrogens is 2. The standard InChI is InChI=1S/C20H23FN6/c21-17-12-27(10-14(17)9-26-11-15-2-3-16(26)8-25-15)18-4-1-13(7-22)19-20(18)24-6-5-23-19/h1,4-6,14-17,25H,2-3,8-12H2/t14-,15?,16?,17?/m0/s1. The molecule has 1 aromatic carbocycles. The van der Waals surface area contributed by atoms with Crippen LogP contribution < -0.4 is 10.2 Å². The Bertz CT molecular complexity index is 888. The predicted molar refractivity (Wildman–Crippen MR) is 101 cm³/mol. The molecule has 6 nitrogen and oxygen atoms in total. The zero-order valence-electron chi connectivity index (χ0n) is 15.2. The van der Waals surface area contributed by atoms with Gasteiger partial charge >= 0.3 is 0 Å². The minimum atomic E-state index is -0.847. The van der Waals surface area contributed by atoms with Gasteiger partial charge in [0, 0.05) is 63.1 Å². The highest BCUT2D eigenvalue weighted by molar-refractivity contribution is 5.92. The van der Waals surface area contributed by atoms with Crippen LogP contribution in [0.3, 0.4) is 0 Å². The fourth-order valence-corrected chi connectivity index (χ4v) is 4.91. The quantitative estimate of drug-likeness (QED) is 0.892. The topological polar surface area (TPSA) is 68.1 Å². The number of hydrogen-bond donors (Lipinski definition) is 1. The van der Waals surface area contributed by atoms with Gasteiger partial charge in [0.2, 0.25) is 0 Å². The maximum Gasteiger partial charge on any atom is 0.123 e. The number of nitriles is 1. The summed E-state index contributed by atoms with van der Waals surface area (Å²) in [5.74, 6) is 0.00622. The van der Waals surface area contributed by atoms with Crippen LogP contribution in [0.25, 0.3) is 11.0 Å². The van der Waals surface area contributed by atoms with Crippen LogP contribution in [0.4, 0.5) is 10.1 Å². The Morgan fingerprint density at radius 1 is 1.15 bits per heavy atom. The van der Waals surface area contributed by atoms with E-state index in [1.165, 1.54) is 12.8 Å². The van der Waals surface area contributed by atoms with E-state index in [2.05, 4.69) is 31.2 Å². The molecule has 0 spiro atoms. The highest BCUT2D eigenvalue weighted by Gasteiger charge is 2.39. The lowest BCUT2D eigenvalue weighted by Gasteiger charge is -2.46. The molecule has 7 heteroatoms. The van der Waals surface area contributed by atoms with Crippen LogP contribution in [-0.2, 0) is 0 Å². The third kappa shape index (κ3) is 2.93. The molecule has 5 heterocycles. The summed E-state index contributed by atoms with van der Waals surface area (Å²) in [6, 6.07) is 6.95. The van der Waals surface area contributed by atoms with E-state index in [1.807, 2.05) is 6.07 Å². The van der Waals surface area contributed by atoms with Crippen molar-refractivity contribution >= 4 is 16.7 Å². The number of benzene rings is 1. The molecule has 2 aromatic rings. The fraction of sp³-hybridized carbons (Fsp3) is 0.550. The van der Waals surface area contributed by atoms with Crippen molar-refractivity contribution < 1.29 is 4.39 Å². The number of fused-ring (bicyclic) bond motifs is 4. The number of rotatable bonds is 3. The van der Waals surface area contributed by atoms with Crippen LogP contribution in [0, 0.1) is 17.2 Å². The van der Waals surface area contributed by atoms with Gasteiger partial charge in [-0.05, 0) is 25.0 Å². The van der Waals surface area contributed by atoms with Crippen molar-refractivity contribution in [3.63, 3.8) is 0 Å². The number of halogens is 1. The summed E-state index contributed by atoms with van der Waals surface area (Å²) in [7, 11) is 0. The van der Waals surface area contributed by atoms with Crippen molar-refractivity contribution in [1.82, 2.24) is 20.2 Å². The largest absolute Gasteiger partial charge is 0.366 e. The average molecular weight is 366 g/mol. The van der Waals surface area contributed by atoms with Gasteiger partial charge < -0.3 is 10.2 Å². The molecule has 0 saturated carbocycles. The normalized spacial score (nSPS) is 30.7. The van der Waals surface area contributed by atoms with Gasteiger partial charge in [-0.2, -0.15) is 5.26 Å². The second-order valence-corrected chi connectivity index (χ2v) is 7.97. The molecule has 1 aromatic heterocycles. The summed E-state index contributed by atoms with van der Waals surface area (Å²) < 4.78 is 14.9.